The molecule has 3 atom stereocenters. The lowest BCUT2D eigenvalue weighted by Crippen LogP contribution is -2.44. The van der Waals surface area contributed by atoms with Crippen LogP contribution in [-0.4, -0.2) is 30.6 Å². The Labute approximate surface area is 143 Å². The number of hydrogen-bond donors (Lipinski definition) is 0. The lowest BCUT2D eigenvalue weighted by atomic mass is 9.62. The van der Waals surface area contributed by atoms with Gasteiger partial charge < -0.3 is 9.47 Å². The van der Waals surface area contributed by atoms with Gasteiger partial charge in [0.25, 0.3) is 0 Å². The van der Waals surface area contributed by atoms with Crippen molar-refractivity contribution in [3.8, 4) is 0 Å². The molecule has 4 rings (SSSR count). The summed E-state index contributed by atoms with van der Waals surface area (Å²) in [6.07, 6.45) is 6.36. The molecule has 4 heteroatoms. The predicted octanol–water partition coefficient (Wildman–Crippen LogP) is 3.22. The van der Waals surface area contributed by atoms with Crippen molar-refractivity contribution < 1.29 is 19.1 Å². The van der Waals surface area contributed by atoms with Crippen LogP contribution < -0.4 is 0 Å². The second-order valence-corrected chi connectivity index (χ2v) is 8.28. The predicted molar refractivity (Wildman–Crippen MR) is 89.2 cm³/mol. The molecule has 0 bridgehead atoms. The van der Waals surface area contributed by atoms with Gasteiger partial charge in [0.1, 0.15) is 0 Å². The van der Waals surface area contributed by atoms with Crippen LogP contribution in [-0.2, 0) is 19.1 Å². The Bertz CT molecular complexity index is 651. The van der Waals surface area contributed by atoms with Crippen LogP contribution in [0.15, 0.2) is 23.3 Å². The molecule has 0 N–H and O–H groups in total. The maximum absolute atomic E-state index is 13.1. The van der Waals surface area contributed by atoms with Gasteiger partial charge in [-0.1, -0.05) is 20.8 Å². The number of rotatable bonds is 1. The molecule has 1 saturated carbocycles. The summed E-state index contributed by atoms with van der Waals surface area (Å²) in [5.41, 5.74) is 1.44. The first kappa shape index (κ1) is 16.2. The molecule has 0 amide bonds. The number of carbonyl (C=O) groups is 2. The van der Waals surface area contributed by atoms with E-state index < -0.39 is 11.2 Å². The molecular formula is C20H26O4. The first-order chi connectivity index (χ1) is 11.4. The summed E-state index contributed by atoms with van der Waals surface area (Å²) in [5.74, 6) is 0.396. The van der Waals surface area contributed by atoms with Crippen LogP contribution in [0.4, 0.5) is 0 Å². The number of fused-ring (bicyclic) bond motifs is 4. The van der Waals surface area contributed by atoms with E-state index in [1.54, 1.807) is 12.2 Å². The highest BCUT2D eigenvalue weighted by atomic mass is 16.7. The minimum absolute atomic E-state index is 0.0942. The first-order valence-corrected chi connectivity index (χ1v) is 9.17. The maximum Gasteiger partial charge on any atom is 0.195 e. The number of hydrogen-bond acceptors (Lipinski definition) is 4. The van der Waals surface area contributed by atoms with Gasteiger partial charge in [-0.05, 0) is 42.4 Å². The third-order valence-electron chi connectivity index (χ3n) is 6.63. The molecule has 1 heterocycles. The quantitative estimate of drug-likeness (QED) is 0.741. The van der Waals surface area contributed by atoms with Crippen molar-refractivity contribution in [1.29, 1.82) is 0 Å². The van der Waals surface area contributed by atoms with E-state index in [4.69, 9.17) is 9.47 Å². The smallest absolute Gasteiger partial charge is 0.195 e. The summed E-state index contributed by atoms with van der Waals surface area (Å²) >= 11 is 0. The lowest BCUT2D eigenvalue weighted by Gasteiger charge is -2.43. The summed E-state index contributed by atoms with van der Waals surface area (Å²) in [6.45, 7) is 7.55. The van der Waals surface area contributed by atoms with Crippen molar-refractivity contribution in [3.05, 3.63) is 23.3 Å². The van der Waals surface area contributed by atoms with Crippen LogP contribution >= 0.6 is 0 Å². The zero-order valence-corrected chi connectivity index (χ0v) is 14.8. The third kappa shape index (κ3) is 2.12. The Morgan fingerprint density at radius 3 is 2.50 bits per heavy atom. The van der Waals surface area contributed by atoms with Gasteiger partial charge >= 0.3 is 0 Å². The highest BCUT2D eigenvalue weighted by Crippen LogP contribution is 2.59. The van der Waals surface area contributed by atoms with Crippen LogP contribution in [0.1, 0.15) is 46.5 Å². The van der Waals surface area contributed by atoms with E-state index in [9.17, 15) is 9.59 Å². The minimum atomic E-state index is -0.890. The van der Waals surface area contributed by atoms with Crippen LogP contribution in [0, 0.1) is 23.2 Å². The molecule has 24 heavy (non-hydrogen) atoms. The first-order valence-electron chi connectivity index (χ1n) is 9.17. The fourth-order valence-electron chi connectivity index (χ4n) is 5.30. The van der Waals surface area contributed by atoms with E-state index >= 15 is 0 Å². The Morgan fingerprint density at radius 2 is 1.83 bits per heavy atom. The van der Waals surface area contributed by atoms with Crippen molar-refractivity contribution in [2.45, 2.75) is 52.2 Å². The fourth-order valence-corrected chi connectivity index (χ4v) is 5.30. The molecule has 0 aromatic rings. The second kappa shape index (κ2) is 5.37. The average Bonchev–Trinajstić information content (AvgIpc) is 3.11. The molecule has 0 unspecified atom stereocenters. The summed E-state index contributed by atoms with van der Waals surface area (Å²) in [6, 6.07) is 0. The van der Waals surface area contributed by atoms with Crippen molar-refractivity contribution in [2.24, 2.45) is 23.2 Å². The molecule has 4 nitrogen and oxygen atoms in total. The molecule has 130 valence electrons. The molecule has 2 fully saturated rings. The van der Waals surface area contributed by atoms with Crippen LogP contribution in [0.5, 0.6) is 0 Å². The van der Waals surface area contributed by atoms with Gasteiger partial charge in [-0.25, -0.2) is 0 Å². The topological polar surface area (TPSA) is 52.6 Å². The van der Waals surface area contributed by atoms with Crippen LogP contribution in [0.25, 0.3) is 0 Å². The van der Waals surface area contributed by atoms with E-state index in [-0.39, 0.29) is 17.5 Å². The van der Waals surface area contributed by atoms with Gasteiger partial charge in [-0.3, -0.25) is 9.59 Å². The van der Waals surface area contributed by atoms with Crippen molar-refractivity contribution >= 4 is 11.6 Å². The van der Waals surface area contributed by atoms with Gasteiger partial charge in [0.15, 0.2) is 17.4 Å². The zero-order valence-electron chi connectivity index (χ0n) is 14.8. The van der Waals surface area contributed by atoms with E-state index in [0.717, 1.165) is 24.0 Å². The van der Waals surface area contributed by atoms with Gasteiger partial charge in [0, 0.05) is 29.7 Å². The van der Waals surface area contributed by atoms with Crippen molar-refractivity contribution in [3.63, 3.8) is 0 Å². The van der Waals surface area contributed by atoms with Crippen LogP contribution in [0.2, 0.25) is 0 Å². The van der Waals surface area contributed by atoms with E-state index in [2.05, 4.69) is 20.8 Å². The van der Waals surface area contributed by atoms with Gasteiger partial charge in [-0.15, -0.1) is 0 Å². The van der Waals surface area contributed by atoms with Crippen LogP contribution in [0.3, 0.4) is 0 Å². The average molecular weight is 330 g/mol. The molecule has 1 saturated heterocycles. The SMILES string of the molecule is CC(C)[C@H]1CC[C@]2(C)C(=O)C=C3C(=CC(=O)CCC34OCCO4)[C@H]12. The van der Waals surface area contributed by atoms with Gasteiger partial charge in [0.2, 0.25) is 0 Å². The molecule has 1 aliphatic heterocycles. The van der Waals surface area contributed by atoms with E-state index in [1.165, 1.54) is 0 Å². The molecule has 3 aliphatic carbocycles. The summed E-state index contributed by atoms with van der Waals surface area (Å²) in [4.78, 5) is 25.5. The fraction of sp³-hybridized carbons (Fsp3) is 0.700. The molecule has 0 aromatic heterocycles. The summed E-state index contributed by atoms with van der Waals surface area (Å²) in [5, 5.41) is 0. The second-order valence-electron chi connectivity index (χ2n) is 8.28. The Hall–Kier alpha value is -1.26. The van der Waals surface area contributed by atoms with Gasteiger partial charge in [-0.2, -0.15) is 0 Å². The normalized spacial score (nSPS) is 38.0. The highest BCUT2D eigenvalue weighted by Gasteiger charge is 2.58. The molecule has 4 aliphatic rings. The Kier molecular flexibility index (Phi) is 3.63. The standard InChI is InChI=1S/C20H26O4/c1-12(2)14-5-6-19(3)17(22)11-16-15(18(14)19)10-13(21)4-7-20(16)23-8-9-24-20/h10-12,14,18H,4-9H2,1-3H3/t14-,18+,19-/m1/s1. The number of ketones is 2. The van der Waals surface area contributed by atoms with E-state index in [1.807, 2.05) is 0 Å². The number of ether oxygens (including phenoxy) is 2. The Balaban J connectivity index is 1.90. The Morgan fingerprint density at radius 1 is 1.12 bits per heavy atom. The zero-order chi connectivity index (χ0) is 17.1. The minimum Gasteiger partial charge on any atom is -0.343 e. The number of carbonyl (C=O) groups excluding carboxylic acids is 2. The third-order valence-corrected chi connectivity index (χ3v) is 6.63. The van der Waals surface area contributed by atoms with Gasteiger partial charge in [0.05, 0.1) is 13.2 Å². The highest BCUT2D eigenvalue weighted by molar-refractivity contribution is 6.01. The van der Waals surface area contributed by atoms with Crippen molar-refractivity contribution in [1.82, 2.24) is 0 Å². The van der Waals surface area contributed by atoms with E-state index in [0.29, 0.717) is 37.9 Å². The van der Waals surface area contributed by atoms with Crippen molar-refractivity contribution in [2.75, 3.05) is 13.2 Å². The largest absolute Gasteiger partial charge is 0.343 e. The number of allylic oxidation sites excluding steroid dienone is 2. The maximum atomic E-state index is 13.1. The lowest BCUT2D eigenvalue weighted by molar-refractivity contribution is -0.139. The monoisotopic (exact) mass is 330 g/mol. The summed E-state index contributed by atoms with van der Waals surface area (Å²) in [7, 11) is 0. The molecule has 0 aromatic carbocycles. The molecular weight excluding hydrogens is 304 g/mol. The summed E-state index contributed by atoms with van der Waals surface area (Å²) < 4.78 is 11.9. The molecule has 0 radical (unpaired) electrons. The molecule has 1 spiro atoms.